The molecular weight excluding hydrogens is 214 g/mol. The lowest BCUT2D eigenvalue weighted by atomic mass is 10.0. The van der Waals surface area contributed by atoms with Crippen molar-refractivity contribution < 1.29 is 9.53 Å². The van der Waals surface area contributed by atoms with Gasteiger partial charge >= 0.3 is 5.97 Å². The maximum atomic E-state index is 11.5. The third-order valence-electron chi connectivity index (χ3n) is 2.37. The smallest absolute Gasteiger partial charge is 0.330 e. The van der Waals surface area contributed by atoms with Gasteiger partial charge < -0.3 is 4.74 Å². The number of carbonyl (C=O) groups is 1. The zero-order valence-corrected chi connectivity index (χ0v) is 10.6. The summed E-state index contributed by atoms with van der Waals surface area (Å²) in [4.78, 5) is 15.8. The van der Waals surface area contributed by atoms with Crippen molar-refractivity contribution in [2.45, 2.75) is 26.3 Å². The molecule has 0 saturated heterocycles. The van der Waals surface area contributed by atoms with Crippen molar-refractivity contribution in [3.63, 3.8) is 0 Å². The van der Waals surface area contributed by atoms with Crippen LogP contribution in [0.15, 0.2) is 35.3 Å². The van der Waals surface area contributed by atoms with Gasteiger partial charge in [0.25, 0.3) is 0 Å². The first-order valence-corrected chi connectivity index (χ1v) is 5.79. The van der Waals surface area contributed by atoms with Crippen LogP contribution < -0.4 is 0 Å². The molecular formula is C14H19NO2. The van der Waals surface area contributed by atoms with Gasteiger partial charge in [-0.1, -0.05) is 44.2 Å². The summed E-state index contributed by atoms with van der Waals surface area (Å²) < 4.78 is 4.75. The molecule has 0 heterocycles. The lowest BCUT2D eigenvalue weighted by Gasteiger charge is -2.12. The van der Waals surface area contributed by atoms with Crippen molar-refractivity contribution in [2.75, 3.05) is 7.11 Å². The Morgan fingerprint density at radius 1 is 1.35 bits per heavy atom. The minimum absolute atomic E-state index is 0.272. The number of benzene rings is 1. The highest BCUT2D eigenvalue weighted by Gasteiger charge is 2.18. The third kappa shape index (κ3) is 4.81. The Morgan fingerprint density at radius 2 is 2.00 bits per heavy atom. The van der Waals surface area contributed by atoms with Crippen molar-refractivity contribution in [2.24, 2.45) is 10.9 Å². The molecule has 1 atom stereocenters. The van der Waals surface area contributed by atoms with Crippen LogP contribution in [0.2, 0.25) is 0 Å². The Hall–Kier alpha value is -1.64. The molecule has 0 radical (unpaired) electrons. The molecule has 1 aromatic carbocycles. The molecule has 0 aliphatic heterocycles. The average Bonchev–Trinajstić information content (AvgIpc) is 2.34. The van der Waals surface area contributed by atoms with Crippen LogP contribution >= 0.6 is 0 Å². The van der Waals surface area contributed by atoms with Gasteiger partial charge in [-0.15, -0.1) is 0 Å². The second-order valence-electron chi connectivity index (χ2n) is 4.36. The van der Waals surface area contributed by atoms with E-state index in [0.29, 0.717) is 12.3 Å². The lowest BCUT2D eigenvalue weighted by molar-refractivity contribution is -0.142. The maximum Gasteiger partial charge on any atom is 0.330 e. The van der Waals surface area contributed by atoms with E-state index in [1.54, 1.807) is 6.21 Å². The van der Waals surface area contributed by atoms with E-state index in [0.717, 1.165) is 5.56 Å². The van der Waals surface area contributed by atoms with Crippen molar-refractivity contribution >= 4 is 12.2 Å². The van der Waals surface area contributed by atoms with Gasteiger partial charge in [0.05, 0.1) is 7.11 Å². The summed E-state index contributed by atoms with van der Waals surface area (Å²) in [7, 11) is 1.40. The Balaban J connectivity index is 2.72. The number of aliphatic imine (C=N–C) groups is 1. The number of nitrogens with zero attached hydrogens (tertiary/aromatic N) is 1. The zero-order chi connectivity index (χ0) is 12.7. The third-order valence-corrected chi connectivity index (χ3v) is 2.37. The van der Waals surface area contributed by atoms with Crippen LogP contribution in [-0.4, -0.2) is 25.3 Å². The van der Waals surface area contributed by atoms with E-state index in [9.17, 15) is 4.79 Å². The average molecular weight is 233 g/mol. The van der Waals surface area contributed by atoms with E-state index in [4.69, 9.17) is 4.74 Å². The van der Waals surface area contributed by atoms with Gasteiger partial charge in [-0.3, -0.25) is 4.99 Å². The van der Waals surface area contributed by atoms with Gasteiger partial charge in [0.1, 0.15) is 6.04 Å². The Morgan fingerprint density at radius 3 is 2.53 bits per heavy atom. The van der Waals surface area contributed by atoms with Crippen LogP contribution in [0.4, 0.5) is 0 Å². The number of ether oxygens (including phenoxy) is 1. The second kappa shape index (κ2) is 6.84. The molecule has 0 spiro atoms. The fourth-order valence-corrected chi connectivity index (χ4v) is 1.52. The Kier molecular flexibility index (Phi) is 5.40. The maximum absolute atomic E-state index is 11.5. The van der Waals surface area contributed by atoms with E-state index in [-0.39, 0.29) is 5.97 Å². The molecule has 0 saturated carbocycles. The summed E-state index contributed by atoms with van der Waals surface area (Å²) in [5.74, 6) is 0.137. The normalized spacial score (nSPS) is 12.9. The van der Waals surface area contributed by atoms with E-state index < -0.39 is 6.04 Å². The van der Waals surface area contributed by atoms with E-state index in [1.807, 2.05) is 30.3 Å². The molecule has 0 aliphatic rings. The molecule has 0 N–H and O–H groups in total. The van der Waals surface area contributed by atoms with Crippen molar-refractivity contribution in [3.8, 4) is 0 Å². The van der Waals surface area contributed by atoms with Gasteiger partial charge in [0, 0.05) is 6.21 Å². The highest BCUT2D eigenvalue weighted by Crippen LogP contribution is 2.10. The molecule has 3 heteroatoms. The molecule has 0 fully saturated rings. The molecule has 1 rings (SSSR count). The summed E-state index contributed by atoms with van der Waals surface area (Å²) in [5.41, 5.74) is 0.991. The van der Waals surface area contributed by atoms with E-state index in [2.05, 4.69) is 18.8 Å². The minimum atomic E-state index is -0.403. The quantitative estimate of drug-likeness (QED) is 0.579. The first-order valence-electron chi connectivity index (χ1n) is 5.79. The topological polar surface area (TPSA) is 38.7 Å². The van der Waals surface area contributed by atoms with Crippen LogP contribution in [0.1, 0.15) is 25.8 Å². The Labute approximate surface area is 103 Å². The molecule has 0 aromatic heterocycles. The van der Waals surface area contributed by atoms with Gasteiger partial charge in [-0.2, -0.15) is 0 Å². The van der Waals surface area contributed by atoms with Gasteiger partial charge in [-0.05, 0) is 17.9 Å². The van der Waals surface area contributed by atoms with Crippen LogP contribution in [-0.2, 0) is 9.53 Å². The number of carbonyl (C=O) groups excluding carboxylic acids is 1. The van der Waals surface area contributed by atoms with Crippen molar-refractivity contribution in [3.05, 3.63) is 35.9 Å². The summed E-state index contributed by atoms with van der Waals surface area (Å²) in [6.07, 6.45) is 2.43. The van der Waals surface area contributed by atoms with Crippen molar-refractivity contribution in [1.29, 1.82) is 0 Å². The van der Waals surface area contributed by atoms with E-state index in [1.165, 1.54) is 7.11 Å². The molecule has 1 aromatic rings. The molecule has 3 nitrogen and oxygen atoms in total. The summed E-state index contributed by atoms with van der Waals surface area (Å²) in [6.45, 7) is 4.13. The highest BCUT2D eigenvalue weighted by atomic mass is 16.5. The predicted molar refractivity (Wildman–Crippen MR) is 69.3 cm³/mol. The summed E-state index contributed by atoms with van der Waals surface area (Å²) in [5, 5.41) is 0. The highest BCUT2D eigenvalue weighted by molar-refractivity contribution is 5.83. The number of hydrogen-bond donors (Lipinski definition) is 0. The largest absolute Gasteiger partial charge is 0.467 e. The Bertz CT molecular complexity index is 371. The van der Waals surface area contributed by atoms with Crippen LogP contribution in [0.3, 0.4) is 0 Å². The standard InChI is InChI=1S/C14H19NO2/c1-11(2)9-13(14(16)17-3)15-10-12-7-5-4-6-8-12/h4-8,10-11,13H,9H2,1-3H3. The SMILES string of the molecule is COC(=O)C(CC(C)C)N=Cc1ccccc1. The van der Waals surface area contributed by atoms with Crippen LogP contribution in [0, 0.1) is 5.92 Å². The molecule has 0 aliphatic carbocycles. The second-order valence-corrected chi connectivity index (χ2v) is 4.36. The number of methoxy groups -OCH3 is 1. The molecule has 17 heavy (non-hydrogen) atoms. The summed E-state index contributed by atoms with van der Waals surface area (Å²) >= 11 is 0. The van der Waals surface area contributed by atoms with Gasteiger partial charge in [0.15, 0.2) is 0 Å². The molecule has 92 valence electrons. The number of esters is 1. The molecule has 0 bridgehead atoms. The van der Waals surface area contributed by atoms with Gasteiger partial charge in [-0.25, -0.2) is 4.79 Å². The molecule has 1 unspecified atom stereocenters. The first kappa shape index (κ1) is 13.4. The summed E-state index contributed by atoms with van der Waals surface area (Å²) in [6, 6.07) is 9.33. The molecule has 0 amide bonds. The zero-order valence-electron chi connectivity index (χ0n) is 10.6. The lowest BCUT2D eigenvalue weighted by Crippen LogP contribution is -2.22. The first-order chi connectivity index (χ1) is 8.13. The minimum Gasteiger partial charge on any atom is -0.467 e. The van der Waals surface area contributed by atoms with Crippen LogP contribution in [0.5, 0.6) is 0 Å². The fourth-order valence-electron chi connectivity index (χ4n) is 1.52. The number of hydrogen-bond acceptors (Lipinski definition) is 3. The van der Waals surface area contributed by atoms with Crippen LogP contribution in [0.25, 0.3) is 0 Å². The monoisotopic (exact) mass is 233 g/mol. The van der Waals surface area contributed by atoms with E-state index >= 15 is 0 Å². The van der Waals surface area contributed by atoms with Crippen molar-refractivity contribution in [1.82, 2.24) is 0 Å². The predicted octanol–water partition coefficient (Wildman–Crippen LogP) is 2.69. The fraction of sp³-hybridized carbons (Fsp3) is 0.429. The van der Waals surface area contributed by atoms with Gasteiger partial charge in [0.2, 0.25) is 0 Å². The number of rotatable bonds is 5.